The number of fused-ring (bicyclic) bond motifs is 1. The molecule has 2 unspecified atom stereocenters. The third kappa shape index (κ3) is 1.31. The van der Waals surface area contributed by atoms with Gasteiger partial charge in [0.15, 0.2) is 10.5 Å². The van der Waals surface area contributed by atoms with Crippen LogP contribution in [-0.2, 0) is 10.9 Å². The van der Waals surface area contributed by atoms with E-state index in [1.54, 1.807) is 0 Å². The lowest BCUT2D eigenvalue weighted by atomic mass is 10.5. The first kappa shape index (κ1) is 9.98. The fraction of sp³-hybridized carbons (Fsp3) is 0.333. The lowest BCUT2D eigenvalue weighted by Crippen LogP contribution is -2.38. The van der Waals surface area contributed by atoms with Gasteiger partial charge in [-0.3, -0.25) is 4.90 Å². The minimum atomic E-state index is -0.0513. The molecule has 0 amide bonds. The summed E-state index contributed by atoms with van der Waals surface area (Å²) in [5, 5.41) is 12.4. The van der Waals surface area contributed by atoms with Gasteiger partial charge in [0.1, 0.15) is 17.2 Å². The second kappa shape index (κ2) is 3.39. The predicted octanol–water partition coefficient (Wildman–Crippen LogP) is 1.05. The topological polar surface area (TPSA) is 57.8 Å². The van der Waals surface area contributed by atoms with Crippen LogP contribution in [0.1, 0.15) is 6.92 Å². The summed E-state index contributed by atoms with van der Waals surface area (Å²) in [5.74, 6) is 0. The quantitative estimate of drug-likeness (QED) is 0.761. The highest BCUT2D eigenvalue weighted by Crippen LogP contribution is 2.36. The van der Waals surface area contributed by atoms with E-state index in [-0.39, 0.29) is 16.4 Å². The molecule has 84 valence electrons. The first-order valence-corrected chi connectivity index (χ1v) is 7.06. The number of nitrogens with two attached hydrogens (primary N) is 1. The van der Waals surface area contributed by atoms with Gasteiger partial charge in [0, 0.05) is 7.05 Å². The van der Waals surface area contributed by atoms with Crippen molar-refractivity contribution in [1.29, 1.82) is 0 Å². The molecule has 0 aromatic carbocycles. The minimum absolute atomic E-state index is 0.0513. The highest BCUT2D eigenvalue weighted by molar-refractivity contribution is 8.00. The van der Waals surface area contributed by atoms with Crippen LogP contribution in [0.3, 0.4) is 0 Å². The molecule has 0 bridgehead atoms. The van der Waals surface area contributed by atoms with Gasteiger partial charge >= 0.3 is 5.50 Å². The van der Waals surface area contributed by atoms with Crippen molar-refractivity contribution in [2.75, 3.05) is 12.8 Å². The van der Waals surface area contributed by atoms with Gasteiger partial charge in [0.05, 0.1) is 11.1 Å². The van der Waals surface area contributed by atoms with Crippen molar-refractivity contribution in [1.82, 2.24) is 14.9 Å². The molecule has 0 aliphatic carbocycles. The van der Waals surface area contributed by atoms with Gasteiger partial charge in [-0.1, -0.05) is 0 Å². The van der Waals surface area contributed by atoms with Crippen LogP contribution in [0.15, 0.2) is 26.6 Å². The fourth-order valence-electron chi connectivity index (χ4n) is 1.82. The van der Waals surface area contributed by atoms with Crippen LogP contribution in [-0.4, -0.2) is 33.8 Å². The molecule has 7 heteroatoms. The Bertz CT molecular complexity index is 480. The average Bonchev–Trinajstić information content (AvgIpc) is 2.88. The zero-order chi connectivity index (χ0) is 11.3. The second-order valence-corrected chi connectivity index (χ2v) is 6.43. The largest absolute Gasteiger partial charge is 0.375 e. The number of rotatable bonds is 1. The summed E-state index contributed by atoms with van der Waals surface area (Å²) in [6.45, 7) is 2.08. The second-order valence-electron chi connectivity index (χ2n) is 3.72. The molecule has 0 radical (unpaired) electrons. The van der Waals surface area contributed by atoms with Gasteiger partial charge in [-0.25, -0.2) is 0 Å². The number of hydrazone groups is 1. The first-order valence-electron chi connectivity index (χ1n) is 4.83. The van der Waals surface area contributed by atoms with Crippen LogP contribution in [0.5, 0.6) is 0 Å². The van der Waals surface area contributed by atoms with Crippen molar-refractivity contribution in [3.05, 3.63) is 16.5 Å². The van der Waals surface area contributed by atoms with E-state index < -0.39 is 0 Å². The Morgan fingerprint density at radius 3 is 3.06 bits per heavy atom. The zero-order valence-electron chi connectivity index (χ0n) is 8.99. The Balaban J connectivity index is 1.98. The molecule has 2 atom stereocenters. The van der Waals surface area contributed by atoms with Crippen LogP contribution < -0.4 is 5.73 Å². The van der Waals surface area contributed by atoms with Gasteiger partial charge in [0.2, 0.25) is 0 Å². The Hall–Kier alpha value is -1.21. The van der Waals surface area contributed by atoms with Gasteiger partial charge in [-0.15, -0.1) is 11.3 Å². The monoisotopic (exact) mass is 254 g/mol. The van der Waals surface area contributed by atoms with E-state index in [1.807, 2.05) is 23.8 Å². The van der Waals surface area contributed by atoms with E-state index in [0.29, 0.717) is 5.13 Å². The molecule has 2 N–H and O–H groups in total. The summed E-state index contributed by atoms with van der Waals surface area (Å²) >= 11 is 1.49. The maximum Gasteiger partial charge on any atom is 0.300 e. The molecule has 0 spiro atoms. The SMILES string of the molecule is CC1=C[S+](c2csc(N)n2)C2N(C)C=NN12. The van der Waals surface area contributed by atoms with E-state index in [9.17, 15) is 0 Å². The summed E-state index contributed by atoms with van der Waals surface area (Å²) in [6.07, 6.45) is 1.86. The number of nitrogen functional groups attached to an aromatic ring is 1. The van der Waals surface area contributed by atoms with E-state index >= 15 is 0 Å². The average molecular weight is 254 g/mol. The van der Waals surface area contributed by atoms with Crippen LogP contribution >= 0.6 is 11.3 Å². The predicted molar refractivity (Wildman–Crippen MR) is 67.8 cm³/mol. The Morgan fingerprint density at radius 1 is 1.56 bits per heavy atom. The minimum Gasteiger partial charge on any atom is -0.375 e. The third-order valence-corrected chi connectivity index (χ3v) is 5.64. The number of thiazole rings is 1. The third-order valence-electron chi connectivity index (χ3n) is 2.54. The van der Waals surface area contributed by atoms with Crippen LogP contribution in [0, 0.1) is 0 Å². The number of anilines is 1. The fourth-order valence-corrected chi connectivity index (χ4v) is 4.88. The molecule has 1 aromatic heterocycles. The summed E-state index contributed by atoms with van der Waals surface area (Å²) in [6, 6.07) is 0. The molecule has 2 aliphatic rings. The number of allylic oxidation sites excluding steroid dienone is 1. The van der Waals surface area contributed by atoms with Crippen molar-refractivity contribution in [3.8, 4) is 0 Å². The van der Waals surface area contributed by atoms with Gasteiger partial charge in [0.25, 0.3) is 5.03 Å². The maximum absolute atomic E-state index is 5.69. The molecular formula is C9H12N5S2+. The summed E-state index contributed by atoms with van der Waals surface area (Å²) < 4.78 is 0. The lowest BCUT2D eigenvalue weighted by Gasteiger charge is -2.18. The molecule has 0 saturated carbocycles. The van der Waals surface area contributed by atoms with Gasteiger partial charge in [-0.05, 0) is 6.92 Å². The highest BCUT2D eigenvalue weighted by Gasteiger charge is 2.49. The van der Waals surface area contributed by atoms with Crippen LogP contribution in [0.4, 0.5) is 5.13 Å². The summed E-state index contributed by atoms with van der Waals surface area (Å²) in [7, 11) is 1.99. The molecule has 5 nitrogen and oxygen atoms in total. The van der Waals surface area contributed by atoms with Gasteiger partial charge in [-0.2, -0.15) is 15.1 Å². The Kier molecular flexibility index (Phi) is 2.11. The van der Waals surface area contributed by atoms with Gasteiger partial charge < -0.3 is 5.73 Å². The zero-order valence-corrected chi connectivity index (χ0v) is 10.6. The van der Waals surface area contributed by atoms with E-state index in [1.165, 1.54) is 17.0 Å². The van der Waals surface area contributed by atoms with Crippen molar-refractivity contribution in [2.24, 2.45) is 5.10 Å². The van der Waals surface area contributed by atoms with Crippen molar-refractivity contribution in [3.63, 3.8) is 0 Å². The molecule has 16 heavy (non-hydrogen) atoms. The molecule has 1 aromatic rings. The van der Waals surface area contributed by atoms with Crippen LogP contribution in [0.2, 0.25) is 0 Å². The normalized spacial score (nSPS) is 27.5. The molecule has 2 aliphatic heterocycles. The van der Waals surface area contributed by atoms with E-state index in [0.717, 1.165) is 5.03 Å². The summed E-state index contributed by atoms with van der Waals surface area (Å²) in [4.78, 5) is 6.49. The Labute approximate surface area is 101 Å². The molecule has 0 fully saturated rings. The van der Waals surface area contributed by atoms with Crippen molar-refractivity contribution < 1.29 is 0 Å². The molecular weight excluding hydrogens is 242 g/mol. The molecule has 3 rings (SSSR count). The number of nitrogens with zero attached hydrogens (tertiary/aromatic N) is 4. The standard InChI is InChI=1S/C9H12N5S2/c1-6-4-16(7-3-15-8(10)12-7)9-13(2)5-11-14(6)9/h3-5,9H,1-2H3,(H2,10,12)/q+1. The molecule has 3 heterocycles. The smallest absolute Gasteiger partial charge is 0.300 e. The van der Waals surface area contributed by atoms with Crippen LogP contribution in [0.25, 0.3) is 0 Å². The number of hydrogen-bond acceptors (Lipinski definition) is 6. The first-order chi connectivity index (χ1) is 7.66. The Morgan fingerprint density at radius 2 is 2.38 bits per heavy atom. The van der Waals surface area contributed by atoms with E-state index in [4.69, 9.17) is 5.73 Å². The summed E-state index contributed by atoms with van der Waals surface area (Å²) in [5.41, 5.74) is 7.12. The number of hydrogen-bond donors (Lipinski definition) is 1. The molecule has 0 saturated heterocycles. The lowest BCUT2D eigenvalue weighted by molar-refractivity contribution is 0.283. The maximum atomic E-state index is 5.69. The van der Waals surface area contributed by atoms with Crippen molar-refractivity contribution in [2.45, 2.75) is 17.4 Å². The van der Waals surface area contributed by atoms with E-state index in [2.05, 4.69) is 27.3 Å². The highest BCUT2D eigenvalue weighted by atomic mass is 32.2. The van der Waals surface area contributed by atoms with Crippen molar-refractivity contribution >= 4 is 33.7 Å². The number of aromatic nitrogens is 1.